The van der Waals surface area contributed by atoms with Crippen molar-refractivity contribution >= 4 is 23.1 Å². The smallest absolute Gasteiger partial charge is 0.250 e. The monoisotopic (exact) mass is 247 g/mol. The van der Waals surface area contributed by atoms with Crippen LogP contribution in [0.1, 0.15) is 20.8 Å². The van der Waals surface area contributed by atoms with Gasteiger partial charge in [-0.25, -0.2) is 4.98 Å². The van der Waals surface area contributed by atoms with Gasteiger partial charge in [-0.2, -0.15) is 0 Å². The van der Waals surface area contributed by atoms with Crippen LogP contribution in [0.5, 0.6) is 0 Å². The number of nitrogens with zero attached hydrogens (tertiary/aromatic N) is 1. The van der Waals surface area contributed by atoms with Gasteiger partial charge >= 0.3 is 0 Å². The summed E-state index contributed by atoms with van der Waals surface area (Å²) in [5.41, 5.74) is 6.83. The molecule has 2 rings (SSSR count). The number of anilines is 1. The maximum atomic E-state index is 10.9. The number of amides is 1. The number of carbonyl (C=O) groups is 1. The van der Waals surface area contributed by atoms with E-state index in [9.17, 15) is 4.79 Å². The van der Waals surface area contributed by atoms with Crippen molar-refractivity contribution in [2.24, 2.45) is 5.73 Å². The van der Waals surface area contributed by atoms with Crippen molar-refractivity contribution in [2.45, 2.75) is 13.5 Å². The zero-order valence-electron chi connectivity index (χ0n) is 9.43. The van der Waals surface area contributed by atoms with Gasteiger partial charge in [-0.05, 0) is 36.1 Å². The lowest BCUT2D eigenvalue weighted by Crippen LogP contribution is -2.11. The first-order valence-corrected chi connectivity index (χ1v) is 6.07. The third-order valence-corrected chi connectivity index (χ3v) is 3.47. The Kier molecular flexibility index (Phi) is 3.39. The number of rotatable bonds is 4. The molecule has 0 atom stereocenters. The number of nitrogens with one attached hydrogen (secondary N) is 1. The molecule has 0 fully saturated rings. The number of hydrogen-bond donors (Lipinski definition) is 2. The van der Waals surface area contributed by atoms with Gasteiger partial charge in [0.2, 0.25) is 5.91 Å². The van der Waals surface area contributed by atoms with Crippen LogP contribution in [0.2, 0.25) is 0 Å². The molecule has 4 nitrogen and oxygen atoms in total. The molecule has 2 aromatic rings. The molecule has 88 valence electrons. The van der Waals surface area contributed by atoms with E-state index in [1.807, 2.05) is 0 Å². The van der Waals surface area contributed by atoms with Crippen molar-refractivity contribution in [3.63, 3.8) is 0 Å². The summed E-state index contributed by atoms with van der Waals surface area (Å²) in [4.78, 5) is 16.3. The highest BCUT2D eigenvalue weighted by Crippen LogP contribution is 2.16. The summed E-state index contributed by atoms with van der Waals surface area (Å²) < 4.78 is 0. The number of carbonyl (C=O) groups excluding carboxylic acids is 1. The third kappa shape index (κ3) is 2.82. The van der Waals surface area contributed by atoms with Crippen LogP contribution < -0.4 is 11.1 Å². The van der Waals surface area contributed by atoms with Crippen molar-refractivity contribution < 1.29 is 4.79 Å². The second-order valence-electron chi connectivity index (χ2n) is 3.68. The molecule has 0 saturated carbocycles. The Bertz CT molecular complexity index is 519. The highest BCUT2D eigenvalue weighted by Gasteiger charge is 2.02. The highest BCUT2D eigenvalue weighted by molar-refractivity contribution is 7.10. The molecule has 0 aliphatic rings. The van der Waals surface area contributed by atoms with Gasteiger partial charge in [0.15, 0.2) is 0 Å². The minimum atomic E-state index is -0.460. The molecule has 2 heterocycles. The predicted octanol–water partition coefficient (Wildman–Crippen LogP) is 2.16. The van der Waals surface area contributed by atoms with Crippen LogP contribution in [0.4, 0.5) is 5.82 Å². The van der Waals surface area contributed by atoms with Crippen molar-refractivity contribution in [1.29, 1.82) is 0 Å². The summed E-state index contributed by atoms with van der Waals surface area (Å²) >= 11 is 1.71. The van der Waals surface area contributed by atoms with Crippen LogP contribution in [-0.4, -0.2) is 10.9 Å². The molecule has 0 aliphatic heterocycles. The van der Waals surface area contributed by atoms with Crippen LogP contribution in [0.25, 0.3) is 0 Å². The van der Waals surface area contributed by atoms with E-state index in [0.717, 1.165) is 12.4 Å². The highest BCUT2D eigenvalue weighted by atomic mass is 32.1. The molecule has 1 amide bonds. The van der Waals surface area contributed by atoms with Gasteiger partial charge in [-0.15, -0.1) is 11.3 Å². The fraction of sp³-hybridized carbons (Fsp3) is 0.167. The number of primary amides is 1. The van der Waals surface area contributed by atoms with E-state index in [1.165, 1.54) is 16.6 Å². The first kappa shape index (κ1) is 11.6. The van der Waals surface area contributed by atoms with Gasteiger partial charge in [0.05, 0.1) is 12.1 Å². The molecule has 0 aromatic carbocycles. The van der Waals surface area contributed by atoms with Crippen LogP contribution in [-0.2, 0) is 6.54 Å². The SMILES string of the molecule is Cc1ccsc1CNc1ccc(C(N)=O)cn1. The molecule has 0 unspecified atom stereocenters. The summed E-state index contributed by atoms with van der Waals surface area (Å²) in [5.74, 6) is 0.279. The topological polar surface area (TPSA) is 68.0 Å². The maximum Gasteiger partial charge on any atom is 0.250 e. The lowest BCUT2D eigenvalue weighted by atomic mass is 10.2. The zero-order chi connectivity index (χ0) is 12.3. The average Bonchev–Trinajstić information content (AvgIpc) is 2.73. The number of aryl methyl sites for hydroxylation is 1. The molecular weight excluding hydrogens is 234 g/mol. The maximum absolute atomic E-state index is 10.9. The molecule has 3 N–H and O–H groups in total. The standard InChI is InChI=1S/C12H13N3OS/c1-8-4-5-17-10(8)7-15-11-3-2-9(6-14-11)12(13)16/h2-6H,7H2,1H3,(H2,13,16)(H,14,15). The minimum Gasteiger partial charge on any atom is -0.366 e. The minimum absolute atomic E-state index is 0.419. The number of nitrogens with two attached hydrogens (primary N) is 1. The quantitative estimate of drug-likeness (QED) is 0.870. The normalized spacial score (nSPS) is 10.2. The molecule has 17 heavy (non-hydrogen) atoms. The number of hydrogen-bond acceptors (Lipinski definition) is 4. The van der Waals surface area contributed by atoms with E-state index in [0.29, 0.717) is 5.56 Å². The van der Waals surface area contributed by atoms with Crippen LogP contribution in [0.15, 0.2) is 29.8 Å². The first-order valence-electron chi connectivity index (χ1n) is 5.19. The van der Waals surface area contributed by atoms with Crippen LogP contribution in [0, 0.1) is 6.92 Å². The molecule has 0 aliphatic carbocycles. The van der Waals surface area contributed by atoms with Crippen molar-refractivity contribution in [3.8, 4) is 0 Å². The lowest BCUT2D eigenvalue weighted by Gasteiger charge is -2.05. The van der Waals surface area contributed by atoms with E-state index >= 15 is 0 Å². The van der Waals surface area contributed by atoms with Gasteiger partial charge in [-0.3, -0.25) is 4.79 Å². The fourth-order valence-electron chi connectivity index (χ4n) is 1.40. The summed E-state index contributed by atoms with van der Waals surface area (Å²) in [6.45, 7) is 2.82. The van der Waals surface area contributed by atoms with Crippen LogP contribution in [0.3, 0.4) is 0 Å². The molecule has 0 saturated heterocycles. The molecule has 5 heteroatoms. The van der Waals surface area contributed by atoms with E-state index < -0.39 is 5.91 Å². The van der Waals surface area contributed by atoms with Crippen molar-refractivity contribution in [2.75, 3.05) is 5.32 Å². The largest absolute Gasteiger partial charge is 0.366 e. The molecule has 2 aromatic heterocycles. The predicted molar refractivity (Wildman–Crippen MR) is 69.1 cm³/mol. The van der Waals surface area contributed by atoms with Gasteiger partial charge in [0.1, 0.15) is 5.82 Å². The average molecular weight is 247 g/mol. The Morgan fingerprint density at radius 3 is 2.82 bits per heavy atom. The van der Waals surface area contributed by atoms with E-state index in [2.05, 4.69) is 28.7 Å². The Hall–Kier alpha value is -1.88. The van der Waals surface area contributed by atoms with Gasteiger partial charge in [0.25, 0.3) is 0 Å². The second kappa shape index (κ2) is 4.97. The third-order valence-electron chi connectivity index (χ3n) is 2.45. The summed E-state index contributed by atoms with van der Waals surface area (Å²) in [5, 5.41) is 5.27. The van der Waals surface area contributed by atoms with E-state index in [4.69, 9.17) is 5.73 Å². The number of pyridine rings is 1. The van der Waals surface area contributed by atoms with E-state index in [1.54, 1.807) is 23.5 Å². The van der Waals surface area contributed by atoms with E-state index in [-0.39, 0.29) is 0 Å². The Balaban J connectivity index is 2.00. The molecule has 0 bridgehead atoms. The lowest BCUT2D eigenvalue weighted by molar-refractivity contribution is 0.1000. The zero-order valence-corrected chi connectivity index (χ0v) is 10.3. The fourth-order valence-corrected chi connectivity index (χ4v) is 2.25. The Labute approximate surface area is 103 Å². The number of aromatic nitrogens is 1. The summed E-state index contributed by atoms with van der Waals surface area (Å²) in [6, 6.07) is 5.51. The molecule has 0 radical (unpaired) electrons. The van der Waals surface area contributed by atoms with Gasteiger partial charge in [-0.1, -0.05) is 0 Å². The summed E-state index contributed by atoms with van der Waals surface area (Å²) in [7, 11) is 0. The van der Waals surface area contributed by atoms with Crippen molar-refractivity contribution in [3.05, 3.63) is 45.8 Å². The second-order valence-corrected chi connectivity index (χ2v) is 4.68. The Morgan fingerprint density at radius 2 is 2.29 bits per heavy atom. The van der Waals surface area contributed by atoms with Gasteiger partial charge in [0, 0.05) is 11.1 Å². The van der Waals surface area contributed by atoms with Gasteiger partial charge < -0.3 is 11.1 Å². The molecule has 0 spiro atoms. The molecular formula is C12H13N3OS. The number of thiophene rings is 1. The Morgan fingerprint density at radius 1 is 1.47 bits per heavy atom. The van der Waals surface area contributed by atoms with Crippen LogP contribution >= 0.6 is 11.3 Å². The summed E-state index contributed by atoms with van der Waals surface area (Å²) in [6.07, 6.45) is 1.48. The van der Waals surface area contributed by atoms with Crippen molar-refractivity contribution in [1.82, 2.24) is 4.98 Å². The first-order chi connectivity index (χ1) is 8.16.